The number of aryl methyl sites for hydroxylation is 1. The molecular weight excluding hydrogens is 849 g/mol. The molecule has 19 heteroatoms. The molecule has 3 heterocycles. The second kappa shape index (κ2) is 26.0. The SMILES string of the molecule is CCOC(=O)CN(CCN(CCN(CC1OC(C)O1)CC1OC(C)O1)C(C/C=C/c1ccc(CCCON(C(=O)OC(C)(C)C)C(=O)OC(C)(C)C)cc1)C1OC(C)O1)CC(=O)OCC. The van der Waals surface area contributed by atoms with Gasteiger partial charge >= 0.3 is 24.1 Å². The predicted octanol–water partition coefficient (Wildman–Crippen LogP) is 5.68. The van der Waals surface area contributed by atoms with Crippen molar-refractivity contribution in [1.29, 1.82) is 0 Å². The highest BCUT2D eigenvalue weighted by atomic mass is 16.9. The molecule has 3 fully saturated rings. The number of hydrogen-bond acceptors (Lipinski definition) is 18. The molecule has 2 amide bonds. The lowest BCUT2D eigenvalue weighted by Gasteiger charge is -2.45. The van der Waals surface area contributed by atoms with Crippen LogP contribution in [0.5, 0.6) is 0 Å². The molecular formula is C46H74N4O15. The Balaban J connectivity index is 1.45. The van der Waals surface area contributed by atoms with Crippen LogP contribution in [0.25, 0.3) is 6.08 Å². The van der Waals surface area contributed by atoms with E-state index in [1.807, 2.05) is 51.1 Å². The van der Waals surface area contributed by atoms with Gasteiger partial charge in [-0.3, -0.25) is 29.1 Å². The zero-order chi connectivity index (χ0) is 47.7. The summed E-state index contributed by atoms with van der Waals surface area (Å²) >= 11 is 0. The maximum atomic E-state index is 12.8. The molecule has 0 aliphatic carbocycles. The van der Waals surface area contributed by atoms with Gasteiger partial charge in [0.15, 0.2) is 37.7 Å². The van der Waals surface area contributed by atoms with Crippen molar-refractivity contribution in [2.24, 2.45) is 0 Å². The smallest absolute Gasteiger partial charge is 0.444 e. The Morgan fingerprint density at radius 1 is 0.677 bits per heavy atom. The molecule has 1 aromatic rings. The van der Waals surface area contributed by atoms with E-state index in [0.717, 1.165) is 11.1 Å². The molecule has 0 aromatic heterocycles. The van der Waals surface area contributed by atoms with E-state index in [0.29, 0.717) is 63.6 Å². The summed E-state index contributed by atoms with van der Waals surface area (Å²) in [6.45, 7) is 22.6. The second-order valence-corrected chi connectivity index (χ2v) is 18.0. The maximum absolute atomic E-state index is 12.8. The highest BCUT2D eigenvalue weighted by Gasteiger charge is 2.39. The van der Waals surface area contributed by atoms with Crippen LogP contribution in [-0.2, 0) is 68.2 Å². The van der Waals surface area contributed by atoms with Gasteiger partial charge in [-0.1, -0.05) is 41.5 Å². The minimum Gasteiger partial charge on any atom is -0.465 e. The molecule has 3 aliphatic heterocycles. The Bertz CT molecular complexity index is 1580. The van der Waals surface area contributed by atoms with Crippen molar-refractivity contribution in [2.75, 3.05) is 72.2 Å². The summed E-state index contributed by atoms with van der Waals surface area (Å²) in [5.74, 6) is -0.860. The molecule has 3 aliphatic rings. The van der Waals surface area contributed by atoms with Gasteiger partial charge in [0.25, 0.3) is 0 Å². The number of nitrogens with zero attached hydrogens (tertiary/aromatic N) is 4. The summed E-state index contributed by atoms with van der Waals surface area (Å²) in [6, 6.07) is 7.83. The standard InChI is InChI=1S/C46H74N4O15/c1-12-55-38(51)28-47(29-39(52)56-13-2)23-25-49(26-24-48(30-40-58-32(3)59-40)31-41-60-33(4)61-41)37(42-62-34(5)63-42)18-14-16-35-19-21-36(22-20-35)17-15-27-57-50(43(53)64-45(6,7)8)44(54)65-46(9,10)11/h14,16,19-22,32-34,37,40-42H,12-13,15,17-18,23-31H2,1-11H3/b16-14+. The van der Waals surface area contributed by atoms with Crippen molar-refractivity contribution >= 4 is 30.2 Å². The maximum Gasteiger partial charge on any atom is 0.444 e. The van der Waals surface area contributed by atoms with Gasteiger partial charge < -0.3 is 47.4 Å². The summed E-state index contributed by atoms with van der Waals surface area (Å²) in [5.41, 5.74) is 0.348. The van der Waals surface area contributed by atoms with E-state index >= 15 is 0 Å². The second-order valence-electron chi connectivity index (χ2n) is 18.0. The van der Waals surface area contributed by atoms with Crippen LogP contribution in [0.15, 0.2) is 30.3 Å². The van der Waals surface area contributed by atoms with E-state index in [1.165, 1.54) is 0 Å². The van der Waals surface area contributed by atoms with Crippen molar-refractivity contribution in [2.45, 2.75) is 150 Å². The van der Waals surface area contributed by atoms with E-state index < -0.39 is 41.6 Å². The summed E-state index contributed by atoms with van der Waals surface area (Å²) < 4.78 is 56.6. The van der Waals surface area contributed by atoms with Crippen molar-refractivity contribution in [3.05, 3.63) is 41.5 Å². The van der Waals surface area contributed by atoms with Crippen LogP contribution in [0.1, 0.15) is 100 Å². The summed E-state index contributed by atoms with van der Waals surface area (Å²) in [6.07, 6.45) is 1.74. The molecule has 19 nitrogen and oxygen atoms in total. The number of carbonyl (C=O) groups excluding carboxylic acids is 4. The van der Waals surface area contributed by atoms with Crippen LogP contribution in [0.2, 0.25) is 0 Å². The molecule has 1 aromatic carbocycles. The molecule has 0 bridgehead atoms. The molecule has 0 spiro atoms. The minimum atomic E-state index is -0.946. The molecule has 4 rings (SSSR count). The van der Waals surface area contributed by atoms with Crippen molar-refractivity contribution in [1.82, 2.24) is 19.8 Å². The third-order valence-corrected chi connectivity index (χ3v) is 9.96. The first-order chi connectivity index (χ1) is 30.7. The number of carbonyl (C=O) groups is 4. The third-order valence-electron chi connectivity index (χ3n) is 9.96. The summed E-state index contributed by atoms with van der Waals surface area (Å²) in [5, 5.41) is 0.539. The normalized spacial score (nSPS) is 22.6. The van der Waals surface area contributed by atoms with E-state index in [4.69, 9.17) is 52.2 Å². The highest BCUT2D eigenvalue weighted by Crippen LogP contribution is 2.27. The molecule has 0 radical (unpaired) electrons. The quantitative estimate of drug-likeness (QED) is 0.0478. The van der Waals surface area contributed by atoms with E-state index in [2.05, 4.69) is 15.9 Å². The number of amides is 2. The largest absolute Gasteiger partial charge is 0.465 e. The fourth-order valence-corrected chi connectivity index (χ4v) is 7.06. The summed E-state index contributed by atoms with van der Waals surface area (Å²) in [7, 11) is 0. The van der Waals surface area contributed by atoms with Gasteiger partial charge in [0.2, 0.25) is 0 Å². The molecule has 1 atom stereocenters. The number of imide groups is 1. The summed E-state index contributed by atoms with van der Waals surface area (Å²) in [4.78, 5) is 62.6. The molecule has 0 saturated carbocycles. The van der Waals surface area contributed by atoms with Crippen molar-refractivity contribution in [3.63, 3.8) is 0 Å². The Kier molecular flexibility index (Phi) is 21.5. The average Bonchev–Trinajstić information content (AvgIpc) is 3.16. The van der Waals surface area contributed by atoms with Crippen LogP contribution in [0.3, 0.4) is 0 Å². The number of esters is 2. The molecule has 0 N–H and O–H groups in total. The lowest BCUT2D eigenvalue weighted by atomic mass is 10.1. The minimum absolute atomic E-state index is 0.0752. The van der Waals surface area contributed by atoms with Gasteiger partial charge in [0, 0.05) is 26.2 Å². The zero-order valence-electron chi connectivity index (χ0n) is 40.3. The first kappa shape index (κ1) is 53.9. The number of ether oxygens (including phenoxy) is 10. The van der Waals surface area contributed by atoms with Crippen molar-refractivity contribution in [3.8, 4) is 0 Å². The van der Waals surface area contributed by atoms with E-state index in [9.17, 15) is 19.2 Å². The molecule has 3 saturated heterocycles. The zero-order valence-corrected chi connectivity index (χ0v) is 40.3. The highest BCUT2D eigenvalue weighted by molar-refractivity contribution is 5.86. The fraction of sp³-hybridized carbons (Fsp3) is 0.739. The molecule has 1 unspecified atom stereocenters. The van der Waals surface area contributed by atoms with Crippen LogP contribution >= 0.6 is 0 Å². The number of rotatable bonds is 26. The van der Waals surface area contributed by atoms with Gasteiger partial charge in [-0.05, 0) is 107 Å². The lowest BCUT2D eigenvalue weighted by Crippen LogP contribution is -2.57. The Hall–Kier alpha value is -3.76. The predicted molar refractivity (Wildman–Crippen MR) is 236 cm³/mol. The van der Waals surface area contributed by atoms with Crippen LogP contribution in [0.4, 0.5) is 9.59 Å². The van der Waals surface area contributed by atoms with Gasteiger partial charge in [-0.25, -0.2) is 9.59 Å². The average molecular weight is 923 g/mol. The van der Waals surface area contributed by atoms with Crippen LogP contribution in [-0.4, -0.2) is 171 Å². The van der Waals surface area contributed by atoms with Crippen molar-refractivity contribution < 1.29 is 71.4 Å². The van der Waals surface area contributed by atoms with Crippen LogP contribution in [0, 0.1) is 0 Å². The first-order valence-electron chi connectivity index (χ1n) is 22.8. The number of benzene rings is 1. The number of hydroxylamine groups is 2. The topological polar surface area (TPSA) is 183 Å². The fourth-order valence-electron chi connectivity index (χ4n) is 7.06. The first-order valence-corrected chi connectivity index (χ1v) is 22.8. The molecule has 65 heavy (non-hydrogen) atoms. The van der Waals surface area contributed by atoms with E-state index in [1.54, 1.807) is 60.3 Å². The monoisotopic (exact) mass is 923 g/mol. The Morgan fingerprint density at radius 3 is 1.60 bits per heavy atom. The van der Waals surface area contributed by atoms with Gasteiger partial charge in [-0.15, -0.1) is 0 Å². The third kappa shape index (κ3) is 19.9. The Morgan fingerprint density at radius 2 is 1.15 bits per heavy atom. The van der Waals surface area contributed by atoms with Gasteiger partial charge in [-0.2, -0.15) is 0 Å². The molecule has 368 valence electrons. The number of hydrogen-bond donors (Lipinski definition) is 0. The van der Waals surface area contributed by atoms with Gasteiger partial charge in [0.1, 0.15) is 11.2 Å². The van der Waals surface area contributed by atoms with Gasteiger partial charge in [0.05, 0.1) is 52.0 Å². The van der Waals surface area contributed by atoms with E-state index in [-0.39, 0.29) is 70.4 Å². The lowest BCUT2D eigenvalue weighted by molar-refractivity contribution is -0.393. The van der Waals surface area contributed by atoms with Crippen LogP contribution < -0.4 is 0 Å². The Labute approximate surface area is 384 Å².